The third-order valence-corrected chi connectivity index (χ3v) is 6.77. The maximum Gasteiger partial charge on any atom is 0.147 e. The molecule has 0 saturated carbocycles. The van der Waals surface area contributed by atoms with Gasteiger partial charge in [-0.2, -0.15) is 0 Å². The third kappa shape index (κ3) is 2.16. The maximum atomic E-state index is 12.9. The Kier molecular flexibility index (Phi) is 3.42. The normalized spacial score (nSPS) is 18.2. The van der Waals surface area contributed by atoms with Crippen molar-refractivity contribution >= 4 is 12.4 Å². The lowest BCUT2D eigenvalue weighted by molar-refractivity contribution is 0.265. The molecule has 1 aromatic carbocycles. The zero-order valence-corrected chi connectivity index (χ0v) is 10.7. The van der Waals surface area contributed by atoms with E-state index in [2.05, 4.69) is 0 Å². The van der Waals surface area contributed by atoms with Gasteiger partial charge in [-0.3, -0.25) is 0 Å². The summed E-state index contributed by atoms with van der Waals surface area (Å²) < 4.78 is 12.9. The minimum Gasteiger partial charge on any atom is -0.385 e. The number of aliphatic hydroxyl groups excluding tert-OH is 1. The first-order valence-corrected chi connectivity index (χ1v) is 6.91. The van der Waals surface area contributed by atoms with Crippen molar-refractivity contribution in [1.82, 2.24) is 0 Å². The Morgan fingerprint density at radius 1 is 1.20 bits per heavy atom. The lowest BCUT2D eigenvalue weighted by Crippen LogP contribution is -2.29. The lowest BCUT2D eigenvalue weighted by atomic mass is 10.3. The molecule has 0 fully saturated rings. The molecule has 0 spiro atoms. The average molecular weight is 226 g/mol. The molecule has 0 aliphatic heterocycles. The maximum absolute atomic E-state index is 12.9. The van der Waals surface area contributed by atoms with E-state index >= 15 is 0 Å². The molecule has 0 bridgehead atoms. The van der Waals surface area contributed by atoms with Crippen LogP contribution in [0.5, 0.6) is 0 Å². The molecule has 15 heavy (non-hydrogen) atoms. The molecule has 1 rings (SSSR count). The van der Waals surface area contributed by atoms with Crippen LogP contribution in [-0.4, -0.2) is 16.1 Å². The van der Waals surface area contributed by atoms with Gasteiger partial charge in [-0.1, -0.05) is 51.1 Å². The second kappa shape index (κ2) is 4.11. The van der Waals surface area contributed by atoms with Crippen LogP contribution in [0.1, 0.15) is 27.7 Å². The van der Waals surface area contributed by atoms with Crippen LogP contribution in [0.15, 0.2) is 30.3 Å². The Labute approximate surface area is 91.7 Å². The first-order chi connectivity index (χ1) is 6.80. The molecule has 2 nitrogen and oxygen atoms in total. The summed E-state index contributed by atoms with van der Waals surface area (Å²) in [5, 5.41) is 10.1. The summed E-state index contributed by atoms with van der Waals surface area (Å²) in [6.07, 6.45) is 0. The molecule has 2 atom stereocenters. The third-order valence-electron chi connectivity index (χ3n) is 2.66. The lowest BCUT2D eigenvalue weighted by Gasteiger charge is -2.33. The molecule has 0 aliphatic rings. The van der Waals surface area contributed by atoms with Gasteiger partial charge in [-0.25, -0.2) is 0 Å². The zero-order chi connectivity index (χ0) is 11.7. The summed E-state index contributed by atoms with van der Waals surface area (Å²) in [6.45, 7) is 7.34. The van der Waals surface area contributed by atoms with Crippen molar-refractivity contribution in [3.05, 3.63) is 30.3 Å². The quantitative estimate of drug-likeness (QED) is 0.787. The van der Waals surface area contributed by atoms with Gasteiger partial charge in [0, 0.05) is 10.5 Å². The van der Waals surface area contributed by atoms with Crippen LogP contribution >= 0.6 is 7.14 Å². The molecule has 84 valence electrons. The van der Waals surface area contributed by atoms with E-state index in [1.165, 1.54) is 0 Å². The molecule has 1 aromatic rings. The number of hydrogen-bond acceptors (Lipinski definition) is 2. The molecule has 0 saturated heterocycles. The predicted octanol–water partition coefficient (Wildman–Crippen LogP) is 2.81. The van der Waals surface area contributed by atoms with E-state index in [0.29, 0.717) is 0 Å². The van der Waals surface area contributed by atoms with E-state index in [1.54, 1.807) is 6.92 Å². The fourth-order valence-corrected chi connectivity index (χ4v) is 4.76. The fraction of sp³-hybridized carbons (Fsp3) is 0.500. The van der Waals surface area contributed by atoms with Gasteiger partial charge in [-0.05, 0) is 6.92 Å². The molecule has 0 amide bonds. The summed E-state index contributed by atoms with van der Waals surface area (Å²) in [7, 11) is -2.77. The summed E-state index contributed by atoms with van der Waals surface area (Å²) >= 11 is 0. The summed E-state index contributed by atoms with van der Waals surface area (Å²) in [5.74, 6) is -0.806. The molecular weight excluding hydrogens is 207 g/mol. The number of hydrogen-bond donors (Lipinski definition) is 1. The van der Waals surface area contributed by atoms with Gasteiger partial charge in [0.25, 0.3) is 0 Å². The molecule has 3 heteroatoms. The Bertz CT molecular complexity index is 363. The van der Waals surface area contributed by atoms with Crippen molar-refractivity contribution in [2.75, 3.05) is 0 Å². The molecule has 0 radical (unpaired) electrons. The SMILES string of the molecule is CC(O)P(=O)(c1ccccc1)C(C)(C)C. The monoisotopic (exact) mass is 226 g/mol. The molecule has 0 aromatic heterocycles. The van der Waals surface area contributed by atoms with Crippen LogP contribution in [0, 0.1) is 0 Å². The highest BCUT2D eigenvalue weighted by Crippen LogP contribution is 2.59. The van der Waals surface area contributed by atoms with Crippen molar-refractivity contribution in [2.24, 2.45) is 0 Å². The predicted molar refractivity (Wildman–Crippen MR) is 65.1 cm³/mol. The van der Waals surface area contributed by atoms with Gasteiger partial charge in [0.15, 0.2) is 0 Å². The topological polar surface area (TPSA) is 37.3 Å². The van der Waals surface area contributed by atoms with E-state index in [1.807, 2.05) is 51.1 Å². The summed E-state index contributed by atoms with van der Waals surface area (Å²) in [5.41, 5.74) is 0. The van der Waals surface area contributed by atoms with Gasteiger partial charge < -0.3 is 9.67 Å². The second-order valence-electron chi connectivity index (χ2n) is 4.80. The zero-order valence-electron chi connectivity index (χ0n) is 9.77. The number of aliphatic hydroxyl groups is 1. The van der Waals surface area contributed by atoms with Crippen LogP contribution in [-0.2, 0) is 4.57 Å². The molecular formula is C12H19O2P. The fourth-order valence-electron chi connectivity index (χ4n) is 1.81. The molecule has 0 aliphatic carbocycles. The Morgan fingerprint density at radius 3 is 2.00 bits per heavy atom. The standard InChI is InChI=1S/C12H19O2P/c1-10(13)15(14,12(2,3)4)11-8-6-5-7-9-11/h5-10,13H,1-4H3. The van der Waals surface area contributed by atoms with Gasteiger partial charge in [-0.15, -0.1) is 0 Å². The van der Waals surface area contributed by atoms with Crippen molar-refractivity contribution in [3.63, 3.8) is 0 Å². The van der Waals surface area contributed by atoms with Gasteiger partial charge >= 0.3 is 0 Å². The van der Waals surface area contributed by atoms with Crippen molar-refractivity contribution in [1.29, 1.82) is 0 Å². The van der Waals surface area contributed by atoms with Crippen molar-refractivity contribution in [3.8, 4) is 0 Å². The van der Waals surface area contributed by atoms with E-state index < -0.39 is 18.1 Å². The Hall–Kier alpha value is -0.590. The number of rotatable bonds is 2. The smallest absolute Gasteiger partial charge is 0.147 e. The molecule has 1 N–H and O–H groups in total. The van der Waals surface area contributed by atoms with Crippen molar-refractivity contribution < 1.29 is 9.67 Å². The minimum atomic E-state index is -2.77. The van der Waals surface area contributed by atoms with Crippen LogP contribution in [0.2, 0.25) is 0 Å². The highest BCUT2D eigenvalue weighted by Gasteiger charge is 2.41. The second-order valence-corrected chi connectivity index (χ2v) is 8.72. The van der Waals surface area contributed by atoms with Gasteiger partial charge in [0.2, 0.25) is 0 Å². The van der Waals surface area contributed by atoms with Crippen molar-refractivity contribution in [2.45, 2.75) is 38.7 Å². The van der Waals surface area contributed by atoms with Crippen LogP contribution in [0.25, 0.3) is 0 Å². The summed E-state index contributed by atoms with van der Waals surface area (Å²) in [6, 6.07) is 9.27. The Balaban J connectivity index is 3.33. The van der Waals surface area contributed by atoms with E-state index in [-0.39, 0.29) is 0 Å². The first kappa shape index (κ1) is 12.5. The largest absolute Gasteiger partial charge is 0.385 e. The highest BCUT2D eigenvalue weighted by molar-refractivity contribution is 7.73. The minimum absolute atomic E-state index is 0.414. The van der Waals surface area contributed by atoms with E-state index in [9.17, 15) is 9.67 Å². The average Bonchev–Trinajstić information content (AvgIpc) is 2.16. The number of benzene rings is 1. The molecule has 2 unspecified atom stereocenters. The highest BCUT2D eigenvalue weighted by atomic mass is 31.2. The van der Waals surface area contributed by atoms with Crippen LogP contribution in [0.3, 0.4) is 0 Å². The summed E-state index contributed by atoms with van der Waals surface area (Å²) in [4.78, 5) is 0. The Morgan fingerprint density at radius 2 is 1.67 bits per heavy atom. The van der Waals surface area contributed by atoms with Gasteiger partial charge in [0.1, 0.15) is 13.0 Å². The first-order valence-electron chi connectivity index (χ1n) is 5.13. The molecule has 0 heterocycles. The van der Waals surface area contributed by atoms with E-state index in [4.69, 9.17) is 0 Å². The van der Waals surface area contributed by atoms with Gasteiger partial charge in [0.05, 0.1) is 0 Å². The van der Waals surface area contributed by atoms with Crippen LogP contribution in [0.4, 0.5) is 0 Å². The van der Waals surface area contributed by atoms with Crippen LogP contribution < -0.4 is 5.30 Å². The van der Waals surface area contributed by atoms with E-state index in [0.717, 1.165) is 5.30 Å².